The van der Waals surface area contributed by atoms with Crippen LogP contribution in [-0.2, 0) is 22.6 Å². The molecule has 0 saturated carbocycles. The van der Waals surface area contributed by atoms with E-state index in [2.05, 4.69) is 0 Å². The molecule has 3 heteroatoms. The molecule has 88 valence electrons. The Hall–Kier alpha value is -1.35. The normalized spacial score (nSPS) is 10.1. The molecule has 0 saturated heterocycles. The van der Waals surface area contributed by atoms with Crippen molar-refractivity contribution in [3.63, 3.8) is 0 Å². The van der Waals surface area contributed by atoms with Crippen molar-refractivity contribution >= 4 is 5.97 Å². The number of hydrogen-bond acceptors (Lipinski definition) is 3. The summed E-state index contributed by atoms with van der Waals surface area (Å²) in [6.07, 6.45) is 2.00. The fraction of sp³-hybridized carbons (Fsp3) is 0.462. The van der Waals surface area contributed by atoms with Gasteiger partial charge in [-0.15, -0.1) is 0 Å². The monoisotopic (exact) mass is 222 g/mol. The van der Waals surface area contributed by atoms with Gasteiger partial charge in [0, 0.05) is 6.42 Å². The molecule has 1 aromatic rings. The first-order chi connectivity index (χ1) is 7.77. The zero-order valence-electron chi connectivity index (χ0n) is 9.61. The summed E-state index contributed by atoms with van der Waals surface area (Å²) >= 11 is 0. The van der Waals surface area contributed by atoms with Gasteiger partial charge in [0.25, 0.3) is 0 Å². The summed E-state index contributed by atoms with van der Waals surface area (Å²) in [5.74, 6) is -0.149. The molecule has 0 aliphatic carbocycles. The third-order valence-electron chi connectivity index (χ3n) is 2.42. The Morgan fingerprint density at radius 3 is 2.62 bits per heavy atom. The molecule has 3 nitrogen and oxygen atoms in total. The van der Waals surface area contributed by atoms with Crippen LogP contribution >= 0.6 is 0 Å². The average molecular weight is 222 g/mol. The van der Waals surface area contributed by atoms with E-state index in [1.807, 2.05) is 24.3 Å². The molecule has 16 heavy (non-hydrogen) atoms. The van der Waals surface area contributed by atoms with Crippen LogP contribution in [0, 0.1) is 0 Å². The lowest BCUT2D eigenvalue weighted by Gasteiger charge is -2.06. The summed E-state index contributed by atoms with van der Waals surface area (Å²) in [7, 11) is 0. The molecule has 0 amide bonds. The topological polar surface area (TPSA) is 46.5 Å². The van der Waals surface area contributed by atoms with E-state index in [0.717, 1.165) is 24.0 Å². The van der Waals surface area contributed by atoms with Gasteiger partial charge in [-0.05, 0) is 30.9 Å². The van der Waals surface area contributed by atoms with Crippen LogP contribution in [0.15, 0.2) is 24.3 Å². The van der Waals surface area contributed by atoms with Gasteiger partial charge in [0.1, 0.15) is 0 Å². The first-order valence-corrected chi connectivity index (χ1v) is 5.61. The third kappa shape index (κ3) is 4.03. The van der Waals surface area contributed by atoms with Gasteiger partial charge in [-0.3, -0.25) is 4.79 Å². The van der Waals surface area contributed by atoms with Gasteiger partial charge in [-0.25, -0.2) is 0 Å². The molecule has 1 rings (SSSR count). The molecular formula is C13H18O3. The van der Waals surface area contributed by atoms with Gasteiger partial charge < -0.3 is 9.84 Å². The van der Waals surface area contributed by atoms with Gasteiger partial charge in [-0.1, -0.05) is 24.3 Å². The van der Waals surface area contributed by atoms with Gasteiger partial charge in [0.15, 0.2) is 0 Å². The summed E-state index contributed by atoms with van der Waals surface area (Å²) in [6.45, 7) is 2.29. The predicted molar refractivity (Wildman–Crippen MR) is 61.9 cm³/mol. The van der Waals surface area contributed by atoms with Crippen LogP contribution in [0.3, 0.4) is 0 Å². The highest BCUT2D eigenvalue weighted by atomic mass is 16.5. The summed E-state index contributed by atoms with van der Waals surface area (Å²) < 4.78 is 4.85. The van der Waals surface area contributed by atoms with Gasteiger partial charge in [-0.2, -0.15) is 0 Å². The zero-order chi connectivity index (χ0) is 11.8. The van der Waals surface area contributed by atoms with Crippen LogP contribution in [-0.4, -0.2) is 17.7 Å². The summed E-state index contributed by atoms with van der Waals surface area (Å²) in [5, 5.41) is 9.12. The van der Waals surface area contributed by atoms with Crippen molar-refractivity contribution in [2.45, 2.75) is 32.8 Å². The number of esters is 1. The van der Waals surface area contributed by atoms with Crippen LogP contribution in [0.4, 0.5) is 0 Å². The van der Waals surface area contributed by atoms with E-state index in [0.29, 0.717) is 13.0 Å². The van der Waals surface area contributed by atoms with Crippen molar-refractivity contribution in [2.75, 3.05) is 6.61 Å². The average Bonchev–Trinajstić information content (AvgIpc) is 2.30. The van der Waals surface area contributed by atoms with Gasteiger partial charge >= 0.3 is 5.97 Å². The number of aliphatic hydroxyl groups excluding tert-OH is 1. The lowest BCUT2D eigenvalue weighted by atomic mass is 10.0. The van der Waals surface area contributed by atoms with E-state index in [-0.39, 0.29) is 12.6 Å². The van der Waals surface area contributed by atoms with Gasteiger partial charge in [0.2, 0.25) is 0 Å². The highest BCUT2D eigenvalue weighted by Gasteiger charge is 2.04. The van der Waals surface area contributed by atoms with E-state index in [4.69, 9.17) is 9.84 Å². The Balaban J connectivity index is 2.39. The minimum atomic E-state index is -0.149. The second kappa shape index (κ2) is 7.01. The quantitative estimate of drug-likeness (QED) is 0.749. The minimum Gasteiger partial charge on any atom is -0.466 e. The van der Waals surface area contributed by atoms with Crippen molar-refractivity contribution < 1.29 is 14.6 Å². The van der Waals surface area contributed by atoms with Crippen molar-refractivity contribution in [3.8, 4) is 0 Å². The zero-order valence-corrected chi connectivity index (χ0v) is 9.61. The molecule has 1 aromatic carbocycles. The van der Waals surface area contributed by atoms with Crippen molar-refractivity contribution in [3.05, 3.63) is 35.4 Å². The fourth-order valence-corrected chi connectivity index (χ4v) is 1.61. The summed E-state index contributed by atoms with van der Waals surface area (Å²) in [4.78, 5) is 11.1. The molecule has 0 fully saturated rings. The molecule has 0 unspecified atom stereocenters. The lowest BCUT2D eigenvalue weighted by molar-refractivity contribution is -0.143. The lowest BCUT2D eigenvalue weighted by Crippen LogP contribution is -2.04. The molecule has 0 aliphatic rings. The molecule has 0 atom stereocenters. The summed E-state index contributed by atoms with van der Waals surface area (Å²) in [6, 6.07) is 7.73. The molecule has 0 spiro atoms. The Morgan fingerprint density at radius 1 is 1.31 bits per heavy atom. The maximum absolute atomic E-state index is 11.1. The maximum Gasteiger partial charge on any atom is 0.305 e. The predicted octanol–water partition coefficient (Wildman–Crippen LogP) is 2.06. The number of carbonyl (C=O) groups excluding carboxylic acids is 1. The Morgan fingerprint density at radius 2 is 2.00 bits per heavy atom. The van der Waals surface area contributed by atoms with E-state index < -0.39 is 0 Å². The first-order valence-electron chi connectivity index (χ1n) is 5.61. The molecule has 0 aromatic heterocycles. The van der Waals surface area contributed by atoms with Crippen molar-refractivity contribution in [1.82, 2.24) is 0 Å². The first kappa shape index (κ1) is 12.7. The highest BCUT2D eigenvalue weighted by molar-refractivity contribution is 5.69. The SMILES string of the molecule is CCOC(=O)CCCc1ccccc1CO. The van der Waals surface area contributed by atoms with Crippen LogP contribution in [0.1, 0.15) is 30.9 Å². The largest absolute Gasteiger partial charge is 0.466 e. The number of aryl methyl sites for hydroxylation is 1. The second-order valence-electron chi connectivity index (χ2n) is 3.59. The van der Waals surface area contributed by atoms with Crippen LogP contribution < -0.4 is 0 Å². The van der Waals surface area contributed by atoms with E-state index in [1.165, 1.54) is 0 Å². The second-order valence-corrected chi connectivity index (χ2v) is 3.59. The van der Waals surface area contributed by atoms with Crippen LogP contribution in [0.25, 0.3) is 0 Å². The third-order valence-corrected chi connectivity index (χ3v) is 2.42. The molecule has 0 aliphatic heterocycles. The number of hydrogen-bond donors (Lipinski definition) is 1. The maximum atomic E-state index is 11.1. The molecule has 1 N–H and O–H groups in total. The number of aliphatic hydroxyl groups is 1. The van der Waals surface area contributed by atoms with E-state index >= 15 is 0 Å². The molecule has 0 heterocycles. The molecule has 0 radical (unpaired) electrons. The number of ether oxygens (including phenoxy) is 1. The van der Waals surface area contributed by atoms with E-state index in [9.17, 15) is 4.79 Å². The Kier molecular flexibility index (Phi) is 5.57. The van der Waals surface area contributed by atoms with Crippen molar-refractivity contribution in [1.29, 1.82) is 0 Å². The summed E-state index contributed by atoms with van der Waals surface area (Å²) in [5.41, 5.74) is 2.04. The number of benzene rings is 1. The molecule has 0 bridgehead atoms. The number of carbonyl (C=O) groups is 1. The van der Waals surface area contributed by atoms with Crippen LogP contribution in [0.5, 0.6) is 0 Å². The highest BCUT2D eigenvalue weighted by Crippen LogP contribution is 2.12. The van der Waals surface area contributed by atoms with Crippen molar-refractivity contribution in [2.24, 2.45) is 0 Å². The van der Waals surface area contributed by atoms with E-state index in [1.54, 1.807) is 6.92 Å². The van der Waals surface area contributed by atoms with Crippen LogP contribution in [0.2, 0.25) is 0 Å². The minimum absolute atomic E-state index is 0.0512. The Bertz CT molecular complexity index is 334. The van der Waals surface area contributed by atoms with Gasteiger partial charge in [0.05, 0.1) is 13.2 Å². The standard InChI is InChI=1S/C13H18O3/c1-2-16-13(15)9-5-8-11-6-3-4-7-12(11)10-14/h3-4,6-7,14H,2,5,8-10H2,1H3. The smallest absolute Gasteiger partial charge is 0.305 e. The molecular weight excluding hydrogens is 204 g/mol. The Labute approximate surface area is 96.1 Å². The fourth-order valence-electron chi connectivity index (χ4n) is 1.61. The number of rotatable bonds is 6.